The summed E-state index contributed by atoms with van der Waals surface area (Å²) in [4.78, 5) is 161. The number of aliphatic carboxylic acids is 1. The number of carboxylic acids is 1. The Balaban J connectivity index is 1.36. The van der Waals surface area contributed by atoms with Gasteiger partial charge in [-0.2, -0.15) is 0 Å². The number of guanidine groups is 1. The number of phenols is 1. The van der Waals surface area contributed by atoms with E-state index in [9.17, 15) is 63.0 Å². The summed E-state index contributed by atoms with van der Waals surface area (Å²) in [6.07, 6.45) is 2.90. The van der Waals surface area contributed by atoms with Gasteiger partial charge in [0.2, 0.25) is 47.3 Å². The number of likely N-dealkylation sites (tertiary alicyclic amines) is 1. The standard InChI is InChI=1S/C57H74N14O13/c1-31(2)46(69-49(76)39(12-8-22-62-57(59)60)64-50(77)41(27-45(58)74)65-48(75)36-18-14-35(29-72)15-19-36)53(80)66-40(24-34-16-20-38(73)21-17-34)51(78)70-47(32(3)4)54(81)67-42(26-37-28-61-30-63-37)55(82)71-23-9-13-44(71)52(79)68-43(56(83)84)25-33-10-6-5-7-11-33/h5-7,10-11,14-21,28-32,39-44,46-47,73H,8-9,12-13,22-27H2,1-4H3,(H2,58,74)(H,61,63)(H,64,77)(H,65,75)(H,66,80)(H,67,81)(H,68,79)(H,69,76)(H,70,78)(H,83,84)(H4,59,60,62)/t39-,40-,41-,42-,43-,44-,46-,47-/m0/s1. The quantitative estimate of drug-likeness (QED) is 0.0124. The average Bonchev–Trinajstić information content (AvgIpc) is 4.37. The first kappa shape index (κ1) is 65.1. The van der Waals surface area contributed by atoms with Crippen LogP contribution in [0.25, 0.3) is 0 Å². The van der Waals surface area contributed by atoms with Crippen LogP contribution in [-0.2, 0) is 62.4 Å². The molecule has 27 heteroatoms. The number of carbonyl (C=O) groups is 11. The molecule has 1 saturated heterocycles. The second-order valence-electron chi connectivity index (χ2n) is 21.0. The summed E-state index contributed by atoms with van der Waals surface area (Å²) in [5.74, 6) is -10.6. The topological polar surface area (TPSA) is 435 Å². The smallest absolute Gasteiger partial charge is 0.326 e. The van der Waals surface area contributed by atoms with E-state index in [0.29, 0.717) is 29.5 Å². The molecule has 450 valence electrons. The van der Waals surface area contributed by atoms with Crippen LogP contribution in [0.1, 0.15) is 97.3 Å². The Hall–Kier alpha value is -9.69. The first-order valence-corrected chi connectivity index (χ1v) is 27.3. The summed E-state index contributed by atoms with van der Waals surface area (Å²) >= 11 is 0. The largest absolute Gasteiger partial charge is 0.508 e. The Morgan fingerprint density at radius 2 is 1.25 bits per heavy atom. The maximum Gasteiger partial charge on any atom is 0.326 e. The number of aldehydes is 1. The highest BCUT2D eigenvalue weighted by Crippen LogP contribution is 2.21. The molecule has 0 bridgehead atoms. The highest BCUT2D eigenvalue weighted by atomic mass is 16.4. The van der Waals surface area contributed by atoms with Crippen molar-refractivity contribution in [3.05, 3.63) is 119 Å². The maximum absolute atomic E-state index is 14.6. The lowest BCUT2D eigenvalue weighted by Crippen LogP contribution is -2.62. The van der Waals surface area contributed by atoms with Crippen molar-refractivity contribution in [1.82, 2.24) is 52.1 Å². The molecule has 0 unspecified atom stereocenters. The minimum absolute atomic E-state index is 0.00303. The van der Waals surface area contributed by atoms with Crippen molar-refractivity contribution < 1.29 is 63.0 Å². The van der Waals surface area contributed by atoms with Gasteiger partial charge in [0.05, 0.1) is 12.7 Å². The summed E-state index contributed by atoms with van der Waals surface area (Å²) < 4.78 is 0. The van der Waals surface area contributed by atoms with Crippen LogP contribution in [0.3, 0.4) is 0 Å². The van der Waals surface area contributed by atoms with Gasteiger partial charge in [-0.25, -0.2) is 9.78 Å². The van der Waals surface area contributed by atoms with E-state index >= 15 is 0 Å². The molecule has 1 aliphatic heterocycles. The lowest BCUT2D eigenvalue weighted by Gasteiger charge is -2.31. The molecular formula is C57H74N14O13. The lowest BCUT2D eigenvalue weighted by atomic mass is 9.98. The Kier molecular flexibility index (Phi) is 24.4. The molecule has 5 rings (SSSR count). The zero-order chi connectivity index (χ0) is 61.6. The number of nitrogens with two attached hydrogens (primary N) is 3. The molecule has 2 heterocycles. The molecular weight excluding hydrogens is 1090 g/mol. The molecule has 0 spiro atoms. The minimum atomic E-state index is -1.60. The number of aliphatic imine (C=N–C) groups is 1. The van der Waals surface area contributed by atoms with E-state index in [1.165, 1.54) is 66.0 Å². The van der Waals surface area contributed by atoms with Gasteiger partial charge in [0.1, 0.15) is 60.4 Å². The van der Waals surface area contributed by atoms with Crippen molar-refractivity contribution in [2.24, 2.45) is 34.0 Å². The van der Waals surface area contributed by atoms with E-state index in [0.717, 1.165) is 0 Å². The number of nitrogens with one attached hydrogen (secondary N) is 8. The number of hydrogen-bond acceptors (Lipinski definition) is 14. The number of hydrogen-bond donors (Lipinski definition) is 13. The first-order valence-electron chi connectivity index (χ1n) is 27.3. The third-order valence-electron chi connectivity index (χ3n) is 13.7. The fourth-order valence-corrected chi connectivity index (χ4v) is 9.22. The third-order valence-corrected chi connectivity index (χ3v) is 13.7. The van der Waals surface area contributed by atoms with Crippen LogP contribution in [0.2, 0.25) is 0 Å². The van der Waals surface area contributed by atoms with Gasteiger partial charge >= 0.3 is 5.97 Å². The summed E-state index contributed by atoms with van der Waals surface area (Å²) in [7, 11) is 0. The Morgan fingerprint density at radius 3 is 1.81 bits per heavy atom. The van der Waals surface area contributed by atoms with Crippen molar-refractivity contribution in [3.8, 4) is 5.75 Å². The van der Waals surface area contributed by atoms with Gasteiger partial charge in [-0.3, -0.25) is 52.9 Å². The Bertz CT molecular complexity index is 2970. The van der Waals surface area contributed by atoms with Crippen LogP contribution in [0.15, 0.2) is 96.4 Å². The van der Waals surface area contributed by atoms with Gasteiger partial charge < -0.3 is 74.5 Å². The van der Waals surface area contributed by atoms with E-state index in [4.69, 9.17) is 17.2 Å². The molecule has 8 atom stereocenters. The van der Waals surface area contributed by atoms with Gasteiger partial charge in [0, 0.05) is 55.4 Å². The highest BCUT2D eigenvalue weighted by molar-refractivity contribution is 6.01. The van der Waals surface area contributed by atoms with Gasteiger partial charge in [-0.15, -0.1) is 0 Å². The van der Waals surface area contributed by atoms with Crippen LogP contribution in [0, 0.1) is 11.8 Å². The number of amides is 9. The molecule has 9 amide bonds. The Labute approximate surface area is 484 Å². The van der Waals surface area contributed by atoms with Gasteiger partial charge in [0.25, 0.3) is 5.91 Å². The summed E-state index contributed by atoms with van der Waals surface area (Å²) in [5.41, 5.74) is 18.3. The monoisotopic (exact) mass is 1160 g/mol. The molecule has 1 aromatic heterocycles. The lowest BCUT2D eigenvalue weighted by molar-refractivity contribution is -0.145. The highest BCUT2D eigenvalue weighted by Gasteiger charge is 2.41. The van der Waals surface area contributed by atoms with Crippen LogP contribution in [0.5, 0.6) is 5.75 Å². The minimum Gasteiger partial charge on any atom is -0.508 e. The molecule has 16 N–H and O–H groups in total. The first-order chi connectivity index (χ1) is 39.9. The van der Waals surface area contributed by atoms with E-state index in [1.807, 2.05) is 0 Å². The predicted octanol–water partition coefficient (Wildman–Crippen LogP) is -1.02. The number of H-pyrrole nitrogens is 1. The number of imidazole rings is 1. The number of rotatable bonds is 31. The van der Waals surface area contributed by atoms with Crippen LogP contribution in [-0.4, -0.2) is 158 Å². The molecule has 0 aliphatic carbocycles. The predicted molar refractivity (Wildman–Crippen MR) is 305 cm³/mol. The number of aromatic nitrogens is 2. The molecule has 84 heavy (non-hydrogen) atoms. The number of aromatic amines is 1. The van der Waals surface area contributed by atoms with Crippen molar-refractivity contribution in [1.29, 1.82) is 0 Å². The van der Waals surface area contributed by atoms with E-state index in [1.54, 1.807) is 58.0 Å². The molecule has 1 aliphatic rings. The molecule has 0 radical (unpaired) electrons. The second-order valence-corrected chi connectivity index (χ2v) is 21.0. The summed E-state index contributed by atoms with van der Waals surface area (Å²) in [6, 6.07) is 8.81. The SMILES string of the molecule is CC(C)[C@H](NC(=O)[C@H](CCCN=C(N)N)NC(=O)[C@H](CC(N)=O)NC(=O)c1ccc(C=O)cc1)C(=O)N[C@@H](Cc1ccc(O)cc1)C(=O)N[C@H](C(=O)N[C@@H](Cc1cnc[nH]1)C(=O)N1CCC[C@H]1C(=O)N[C@@H](Cc1ccccc1)C(=O)O)C(C)C. The number of aromatic hydroxyl groups is 1. The van der Waals surface area contributed by atoms with E-state index in [2.05, 4.69) is 52.2 Å². The molecule has 1 fully saturated rings. The van der Waals surface area contributed by atoms with E-state index in [-0.39, 0.29) is 74.5 Å². The molecule has 3 aromatic carbocycles. The molecule has 27 nitrogen and oxygen atoms in total. The number of carboxylic acid groups (broad SMARTS) is 1. The van der Waals surface area contributed by atoms with Crippen molar-refractivity contribution in [2.45, 2.75) is 127 Å². The number of phenolic OH excluding ortho intramolecular Hbond substituents is 1. The average molecular weight is 1160 g/mol. The summed E-state index contributed by atoms with van der Waals surface area (Å²) in [5, 5.41) is 38.5. The van der Waals surface area contributed by atoms with Crippen molar-refractivity contribution >= 4 is 71.4 Å². The van der Waals surface area contributed by atoms with Crippen LogP contribution in [0.4, 0.5) is 0 Å². The third kappa shape index (κ3) is 19.8. The molecule has 0 saturated carbocycles. The van der Waals surface area contributed by atoms with Gasteiger partial charge in [-0.1, -0.05) is 82.3 Å². The fourth-order valence-electron chi connectivity index (χ4n) is 9.22. The number of primary amides is 1. The molecule has 4 aromatic rings. The van der Waals surface area contributed by atoms with Crippen molar-refractivity contribution in [3.63, 3.8) is 0 Å². The van der Waals surface area contributed by atoms with E-state index < -0.39 is 126 Å². The normalized spacial score (nSPS) is 15.4. The van der Waals surface area contributed by atoms with Gasteiger partial charge in [-0.05, 0) is 72.9 Å². The number of benzene rings is 3. The van der Waals surface area contributed by atoms with Crippen LogP contribution < -0.4 is 54.4 Å². The van der Waals surface area contributed by atoms with Gasteiger partial charge in [0.15, 0.2) is 5.96 Å². The fraction of sp³-hybridized carbons (Fsp3) is 0.421. The zero-order valence-corrected chi connectivity index (χ0v) is 47.0. The second kappa shape index (κ2) is 31.5. The number of carbonyl (C=O) groups excluding carboxylic acids is 10. The van der Waals surface area contributed by atoms with Crippen LogP contribution >= 0.6 is 0 Å². The Morgan fingerprint density at radius 1 is 0.679 bits per heavy atom. The summed E-state index contributed by atoms with van der Waals surface area (Å²) in [6.45, 7) is 6.58. The zero-order valence-electron chi connectivity index (χ0n) is 47.0. The maximum atomic E-state index is 14.6. The van der Waals surface area contributed by atoms with Crippen molar-refractivity contribution in [2.75, 3.05) is 13.1 Å². The number of nitrogens with zero attached hydrogens (tertiary/aromatic N) is 3.